The van der Waals surface area contributed by atoms with Crippen molar-refractivity contribution in [1.82, 2.24) is 9.97 Å². The first-order valence-electron chi connectivity index (χ1n) is 9.71. The lowest BCUT2D eigenvalue weighted by molar-refractivity contribution is 0.471. The van der Waals surface area contributed by atoms with Crippen LogP contribution in [0.15, 0.2) is 60.9 Å². The number of rotatable bonds is 6. The zero-order valence-corrected chi connectivity index (χ0v) is 18.0. The average Bonchev–Trinajstić information content (AvgIpc) is 2.77. The highest BCUT2D eigenvalue weighted by Gasteiger charge is 2.25. The zero-order chi connectivity index (χ0) is 22.0. The van der Waals surface area contributed by atoms with E-state index in [0.717, 1.165) is 10.9 Å². The van der Waals surface area contributed by atoms with Crippen LogP contribution in [-0.4, -0.2) is 21.6 Å². The van der Waals surface area contributed by atoms with Gasteiger partial charge in [0.15, 0.2) is 0 Å². The number of phenolic OH excluding ortho intramolecular Hbond substituents is 1. The van der Waals surface area contributed by atoms with Crippen molar-refractivity contribution in [3.05, 3.63) is 87.7 Å². The van der Waals surface area contributed by atoms with Gasteiger partial charge in [-0.25, -0.2) is 4.98 Å². The fourth-order valence-electron chi connectivity index (χ4n) is 3.65. The number of nitrogens with zero attached hydrogens (tertiary/aromatic N) is 2. The van der Waals surface area contributed by atoms with Crippen molar-refractivity contribution in [2.75, 3.05) is 17.6 Å². The third-order valence-corrected chi connectivity index (χ3v) is 5.91. The van der Waals surface area contributed by atoms with Gasteiger partial charge < -0.3 is 21.9 Å². The number of phenols is 1. The Morgan fingerprint density at radius 2 is 1.84 bits per heavy atom. The Hall–Kier alpha value is -3.06. The van der Waals surface area contributed by atoms with Gasteiger partial charge in [-0.2, -0.15) is 0 Å². The molecular weight excluding hydrogens is 433 g/mol. The number of hydrogen-bond acceptors (Lipinski definition) is 6. The van der Waals surface area contributed by atoms with Crippen molar-refractivity contribution in [2.45, 2.75) is 12.5 Å². The minimum Gasteiger partial charge on any atom is -0.505 e. The first-order chi connectivity index (χ1) is 15.0. The lowest BCUT2D eigenvalue weighted by Crippen LogP contribution is -2.15. The molecule has 6 nitrogen and oxygen atoms in total. The van der Waals surface area contributed by atoms with Crippen LogP contribution >= 0.6 is 23.2 Å². The summed E-state index contributed by atoms with van der Waals surface area (Å²) >= 11 is 12.9. The van der Waals surface area contributed by atoms with E-state index in [-0.39, 0.29) is 5.75 Å². The van der Waals surface area contributed by atoms with Crippen LogP contribution in [0.2, 0.25) is 10.0 Å². The van der Waals surface area contributed by atoms with Crippen LogP contribution in [0, 0.1) is 0 Å². The minimum absolute atomic E-state index is 0.0498. The summed E-state index contributed by atoms with van der Waals surface area (Å²) in [4.78, 5) is 8.76. The van der Waals surface area contributed by atoms with E-state index in [9.17, 15) is 5.11 Å². The van der Waals surface area contributed by atoms with E-state index in [1.165, 1.54) is 0 Å². The Bertz CT molecular complexity index is 1250. The first kappa shape index (κ1) is 21.2. The molecule has 2 aromatic heterocycles. The summed E-state index contributed by atoms with van der Waals surface area (Å²) in [5.41, 5.74) is 15.1. The van der Waals surface area contributed by atoms with Gasteiger partial charge in [0.05, 0.1) is 16.1 Å². The van der Waals surface area contributed by atoms with Crippen LogP contribution in [0.1, 0.15) is 22.7 Å². The quantitative estimate of drug-likeness (QED) is 0.329. The number of pyridine rings is 2. The average molecular weight is 454 g/mol. The molecule has 4 rings (SSSR count). The molecule has 0 saturated carbocycles. The number of nitrogens with one attached hydrogen (secondary N) is 1. The van der Waals surface area contributed by atoms with Gasteiger partial charge in [0.25, 0.3) is 0 Å². The van der Waals surface area contributed by atoms with Crippen molar-refractivity contribution in [2.24, 2.45) is 5.73 Å². The summed E-state index contributed by atoms with van der Waals surface area (Å²) in [7, 11) is 0. The molecule has 1 atom stereocenters. The van der Waals surface area contributed by atoms with E-state index >= 15 is 0 Å². The predicted octanol–water partition coefficient (Wildman–Crippen LogP) is 4.93. The molecule has 4 aromatic rings. The molecule has 0 amide bonds. The Kier molecular flexibility index (Phi) is 6.13. The Labute approximate surface area is 189 Å². The maximum Gasteiger partial charge on any atom is 0.147 e. The first-order valence-corrected chi connectivity index (χ1v) is 10.5. The Morgan fingerprint density at radius 3 is 2.61 bits per heavy atom. The van der Waals surface area contributed by atoms with E-state index in [4.69, 9.17) is 34.7 Å². The standard InChI is InChI=1S/C23H21Cl2N5O/c24-18-5-1-3-16(20(18)25)21(30-19-12-14(27)7-10-28-19)17-11-13(6-8-26)15-4-2-9-29-22(15)23(17)31/h1-5,7,9-12,21,31H,6,8,26H2,(H3,27,28,30). The van der Waals surface area contributed by atoms with E-state index in [0.29, 0.717) is 51.2 Å². The number of halogens is 2. The van der Waals surface area contributed by atoms with Crippen LogP contribution in [0.5, 0.6) is 5.75 Å². The molecule has 158 valence electrons. The second-order valence-corrected chi connectivity index (χ2v) is 7.89. The number of aromatic nitrogens is 2. The summed E-state index contributed by atoms with van der Waals surface area (Å²) in [6.07, 6.45) is 3.88. The lowest BCUT2D eigenvalue weighted by atomic mass is 9.92. The number of benzene rings is 2. The molecule has 0 spiro atoms. The maximum atomic E-state index is 11.2. The molecule has 0 aliphatic rings. The van der Waals surface area contributed by atoms with Crippen LogP contribution in [0.4, 0.5) is 11.5 Å². The van der Waals surface area contributed by atoms with E-state index < -0.39 is 6.04 Å². The van der Waals surface area contributed by atoms with Gasteiger partial charge in [-0.15, -0.1) is 0 Å². The van der Waals surface area contributed by atoms with Crippen molar-refractivity contribution in [3.63, 3.8) is 0 Å². The van der Waals surface area contributed by atoms with Gasteiger partial charge in [0, 0.05) is 35.1 Å². The second-order valence-electron chi connectivity index (χ2n) is 7.11. The highest BCUT2D eigenvalue weighted by atomic mass is 35.5. The zero-order valence-electron chi connectivity index (χ0n) is 16.5. The molecule has 31 heavy (non-hydrogen) atoms. The van der Waals surface area contributed by atoms with Crippen LogP contribution in [-0.2, 0) is 6.42 Å². The Balaban J connectivity index is 1.96. The van der Waals surface area contributed by atoms with Gasteiger partial charge in [0.1, 0.15) is 17.1 Å². The van der Waals surface area contributed by atoms with E-state index in [1.807, 2.05) is 30.3 Å². The molecule has 0 fully saturated rings. The summed E-state index contributed by atoms with van der Waals surface area (Å²) in [5.74, 6) is 0.579. The fraction of sp³-hybridized carbons (Fsp3) is 0.130. The second kappa shape index (κ2) is 8.98. The molecule has 0 bridgehead atoms. The number of anilines is 2. The lowest BCUT2D eigenvalue weighted by Gasteiger charge is -2.24. The predicted molar refractivity (Wildman–Crippen MR) is 127 cm³/mol. The van der Waals surface area contributed by atoms with E-state index in [2.05, 4.69) is 15.3 Å². The molecule has 6 N–H and O–H groups in total. The number of aromatic hydroxyl groups is 1. The summed E-state index contributed by atoms with van der Waals surface area (Å²) < 4.78 is 0. The fourth-order valence-corrected chi connectivity index (χ4v) is 4.06. The number of hydrogen-bond donors (Lipinski definition) is 4. The van der Waals surface area contributed by atoms with Crippen molar-refractivity contribution < 1.29 is 5.11 Å². The number of nitrogens with two attached hydrogens (primary N) is 2. The molecule has 0 radical (unpaired) electrons. The summed E-state index contributed by atoms with van der Waals surface area (Å²) in [6.45, 7) is 0.459. The largest absolute Gasteiger partial charge is 0.505 e. The highest BCUT2D eigenvalue weighted by molar-refractivity contribution is 6.42. The third kappa shape index (κ3) is 4.23. The van der Waals surface area contributed by atoms with Crippen LogP contribution < -0.4 is 16.8 Å². The van der Waals surface area contributed by atoms with Crippen LogP contribution in [0.25, 0.3) is 10.9 Å². The molecular formula is C23H21Cl2N5O. The monoisotopic (exact) mass is 453 g/mol. The molecule has 0 aliphatic carbocycles. The summed E-state index contributed by atoms with van der Waals surface area (Å²) in [6, 6.07) is 13.9. The summed E-state index contributed by atoms with van der Waals surface area (Å²) in [5, 5.41) is 16.2. The van der Waals surface area contributed by atoms with Crippen molar-refractivity contribution in [3.8, 4) is 5.75 Å². The van der Waals surface area contributed by atoms with Crippen molar-refractivity contribution in [1.29, 1.82) is 0 Å². The molecule has 2 aromatic carbocycles. The van der Waals surface area contributed by atoms with Gasteiger partial charge in [-0.05, 0) is 48.4 Å². The molecule has 0 saturated heterocycles. The van der Waals surface area contributed by atoms with Gasteiger partial charge >= 0.3 is 0 Å². The van der Waals surface area contributed by atoms with Gasteiger partial charge in [-0.1, -0.05) is 41.4 Å². The minimum atomic E-state index is -0.566. The highest BCUT2D eigenvalue weighted by Crippen LogP contribution is 2.41. The molecule has 1 unspecified atom stereocenters. The number of nitrogen functional groups attached to an aromatic ring is 1. The van der Waals surface area contributed by atoms with Gasteiger partial charge in [-0.3, -0.25) is 4.98 Å². The Morgan fingerprint density at radius 1 is 1.00 bits per heavy atom. The third-order valence-electron chi connectivity index (χ3n) is 5.07. The van der Waals surface area contributed by atoms with Gasteiger partial charge in [0.2, 0.25) is 0 Å². The smallest absolute Gasteiger partial charge is 0.147 e. The maximum absolute atomic E-state index is 11.2. The normalized spacial score (nSPS) is 12.1. The SMILES string of the molecule is NCCc1cc(C(Nc2cc(N)ccn2)c2cccc(Cl)c2Cl)c(O)c2ncccc12. The van der Waals surface area contributed by atoms with E-state index in [1.54, 1.807) is 30.6 Å². The van der Waals surface area contributed by atoms with Crippen LogP contribution in [0.3, 0.4) is 0 Å². The number of fused-ring (bicyclic) bond motifs is 1. The molecule has 8 heteroatoms. The molecule has 0 aliphatic heterocycles. The molecule has 2 heterocycles. The van der Waals surface area contributed by atoms with Crippen molar-refractivity contribution >= 4 is 45.6 Å². The topological polar surface area (TPSA) is 110 Å².